The van der Waals surface area contributed by atoms with Crippen LogP contribution in [0.2, 0.25) is 0 Å². The highest BCUT2D eigenvalue weighted by Gasteiger charge is 2.10. The highest BCUT2D eigenvalue weighted by atomic mass is 16.3. The van der Waals surface area contributed by atoms with E-state index in [0.29, 0.717) is 18.7 Å². The summed E-state index contributed by atoms with van der Waals surface area (Å²) in [4.78, 5) is 13.8. The summed E-state index contributed by atoms with van der Waals surface area (Å²) < 4.78 is 0. The number of carbonyl (C=O) groups excluding carboxylic acids is 1. The molecule has 2 aromatic carbocycles. The van der Waals surface area contributed by atoms with Crippen LogP contribution in [-0.4, -0.2) is 23.0 Å². The van der Waals surface area contributed by atoms with Crippen LogP contribution in [0.3, 0.4) is 0 Å². The minimum absolute atomic E-state index is 0.0312. The molecule has 2 rings (SSSR count). The Bertz CT molecular complexity index is 594. The number of likely N-dealkylation sites (N-methyl/N-ethyl adjacent to an activating group) is 1. The van der Waals surface area contributed by atoms with Crippen LogP contribution >= 0.6 is 0 Å². The van der Waals surface area contributed by atoms with E-state index in [9.17, 15) is 9.90 Å². The first-order valence-electron chi connectivity index (χ1n) is 6.41. The zero-order chi connectivity index (χ0) is 14.5. The smallest absolute Gasteiger partial charge is 0.227 e. The summed E-state index contributed by atoms with van der Waals surface area (Å²) in [5.74, 6) is 0.256. The molecule has 4 nitrogen and oxygen atoms in total. The van der Waals surface area contributed by atoms with Crippen molar-refractivity contribution in [3.05, 3.63) is 59.7 Å². The van der Waals surface area contributed by atoms with Crippen molar-refractivity contribution in [2.45, 2.75) is 13.0 Å². The van der Waals surface area contributed by atoms with Gasteiger partial charge in [0, 0.05) is 19.3 Å². The van der Waals surface area contributed by atoms with Gasteiger partial charge in [-0.05, 0) is 35.4 Å². The number of nitrogen functional groups attached to an aromatic ring is 1. The Hall–Kier alpha value is -2.49. The maximum atomic E-state index is 12.1. The van der Waals surface area contributed by atoms with E-state index in [1.807, 2.05) is 18.2 Å². The number of phenols is 1. The number of hydrogen-bond donors (Lipinski definition) is 2. The number of rotatable bonds is 4. The largest absolute Gasteiger partial charge is 0.508 e. The van der Waals surface area contributed by atoms with E-state index >= 15 is 0 Å². The van der Waals surface area contributed by atoms with Gasteiger partial charge in [-0.1, -0.05) is 24.3 Å². The van der Waals surface area contributed by atoms with Crippen molar-refractivity contribution in [2.24, 2.45) is 0 Å². The fourth-order valence-electron chi connectivity index (χ4n) is 1.98. The third-order valence-electron chi connectivity index (χ3n) is 3.09. The zero-order valence-corrected chi connectivity index (χ0v) is 11.4. The molecule has 20 heavy (non-hydrogen) atoms. The molecule has 0 unspecified atom stereocenters. The van der Waals surface area contributed by atoms with Gasteiger partial charge in [-0.2, -0.15) is 0 Å². The van der Waals surface area contributed by atoms with Crippen LogP contribution in [0.5, 0.6) is 5.75 Å². The van der Waals surface area contributed by atoms with Crippen LogP contribution in [0.25, 0.3) is 0 Å². The number of carbonyl (C=O) groups is 1. The average molecular weight is 270 g/mol. The van der Waals surface area contributed by atoms with Crippen molar-refractivity contribution in [1.29, 1.82) is 0 Å². The second-order valence-electron chi connectivity index (χ2n) is 4.84. The van der Waals surface area contributed by atoms with Gasteiger partial charge in [0.25, 0.3) is 0 Å². The van der Waals surface area contributed by atoms with Crippen molar-refractivity contribution in [1.82, 2.24) is 4.90 Å². The molecule has 4 heteroatoms. The molecule has 0 aliphatic rings. The molecule has 0 atom stereocenters. The van der Waals surface area contributed by atoms with Crippen molar-refractivity contribution in [3.63, 3.8) is 0 Å². The first-order valence-corrected chi connectivity index (χ1v) is 6.41. The predicted molar refractivity (Wildman–Crippen MR) is 79.1 cm³/mol. The van der Waals surface area contributed by atoms with Crippen LogP contribution in [0.1, 0.15) is 11.1 Å². The summed E-state index contributed by atoms with van der Waals surface area (Å²) in [6.07, 6.45) is 0.333. The van der Waals surface area contributed by atoms with Crippen LogP contribution in [-0.2, 0) is 17.8 Å². The molecule has 104 valence electrons. The molecule has 0 heterocycles. The fraction of sp³-hybridized carbons (Fsp3) is 0.188. The normalized spacial score (nSPS) is 10.2. The Morgan fingerprint density at radius 3 is 2.50 bits per heavy atom. The van der Waals surface area contributed by atoms with E-state index in [2.05, 4.69) is 0 Å². The Morgan fingerprint density at radius 1 is 1.15 bits per heavy atom. The van der Waals surface area contributed by atoms with E-state index in [1.165, 1.54) is 0 Å². The minimum atomic E-state index is 0.0312. The third-order valence-corrected chi connectivity index (χ3v) is 3.09. The molecule has 0 bridgehead atoms. The van der Waals surface area contributed by atoms with Gasteiger partial charge in [0.15, 0.2) is 0 Å². The maximum Gasteiger partial charge on any atom is 0.227 e. The summed E-state index contributed by atoms with van der Waals surface area (Å²) in [6, 6.07) is 14.2. The van der Waals surface area contributed by atoms with Gasteiger partial charge in [-0.25, -0.2) is 0 Å². The van der Waals surface area contributed by atoms with E-state index in [-0.39, 0.29) is 11.7 Å². The van der Waals surface area contributed by atoms with E-state index in [0.717, 1.165) is 11.1 Å². The van der Waals surface area contributed by atoms with Gasteiger partial charge in [0.05, 0.1) is 6.42 Å². The van der Waals surface area contributed by atoms with Crippen LogP contribution in [0, 0.1) is 0 Å². The number of nitrogens with two attached hydrogens (primary N) is 1. The Balaban J connectivity index is 1.96. The Kier molecular flexibility index (Phi) is 4.25. The summed E-state index contributed by atoms with van der Waals surface area (Å²) >= 11 is 0. The second-order valence-corrected chi connectivity index (χ2v) is 4.84. The topological polar surface area (TPSA) is 66.6 Å². The van der Waals surface area contributed by atoms with Crippen LogP contribution < -0.4 is 5.73 Å². The lowest BCUT2D eigenvalue weighted by Crippen LogP contribution is -2.27. The fourth-order valence-corrected chi connectivity index (χ4v) is 1.98. The Morgan fingerprint density at radius 2 is 1.85 bits per heavy atom. The SMILES string of the molecule is CN(Cc1ccc(O)cc1)C(=O)Cc1cccc(N)c1. The highest BCUT2D eigenvalue weighted by molar-refractivity contribution is 5.78. The number of aromatic hydroxyl groups is 1. The van der Waals surface area contributed by atoms with Gasteiger partial charge in [0.1, 0.15) is 5.75 Å². The first-order chi connectivity index (χ1) is 9.54. The molecule has 0 aromatic heterocycles. The molecule has 1 amide bonds. The van der Waals surface area contributed by atoms with Gasteiger partial charge >= 0.3 is 0 Å². The number of anilines is 1. The molecule has 2 aromatic rings. The van der Waals surface area contributed by atoms with Crippen molar-refractivity contribution in [2.75, 3.05) is 12.8 Å². The first kappa shape index (κ1) is 13.9. The molecule has 0 saturated carbocycles. The van der Waals surface area contributed by atoms with E-state index in [1.54, 1.807) is 42.3 Å². The summed E-state index contributed by atoms with van der Waals surface area (Å²) in [5, 5.41) is 9.23. The molecule has 0 aliphatic carbocycles. The summed E-state index contributed by atoms with van der Waals surface area (Å²) in [6.45, 7) is 0.515. The lowest BCUT2D eigenvalue weighted by atomic mass is 10.1. The number of amides is 1. The molecule has 0 aliphatic heterocycles. The monoisotopic (exact) mass is 270 g/mol. The van der Waals surface area contributed by atoms with Gasteiger partial charge < -0.3 is 15.7 Å². The second kappa shape index (κ2) is 6.10. The van der Waals surface area contributed by atoms with Crippen molar-refractivity contribution >= 4 is 11.6 Å². The van der Waals surface area contributed by atoms with E-state index in [4.69, 9.17) is 5.73 Å². The van der Waals surface area contributed by atoms with Crippen LogP contribution in [0.4, 0.5) is 5.69 Å². The number of phenolic OH excluding ortho intramolecular Hbond substituents is 1. The zero-order valence-electron chi connectivity index (χ0n) is 11.4. The predicted octanol–water partition coefficient (Wildman–Crippen LogP) is 2.18. The lowest BCUT2D eigenvalue weighted by Gasteiger charge is -2.17. The molecular formula is C16H18N2O2. The standard InChI is InChI=1S/C16H18N2O2/c1-18(11-12-5-7-15(19)8-6-12)16(20)10-13-3-2-4-14(17)9-13/h2-9,19H,10-11,17H2,1H3. The van der Waals surface area contributed by atoms with Gasteiger partial charge in [0.2, 0.25) is 5.91 Å². The summed E-state index contributed by atoms with van der Waals surface area (Å²) in [7, 11) is 1.77. The highest BCUT2D eigenvalue weighted by Crippen LogP contribution is 2.12. The minimum Gasteiger partial charge on any atom is -0.508 e. The number of nitrogens with zero attached hydrogens (tertiary/aromatic N) is 1. The molecule has 3 N–H and O–H groups in total. The maximum absolute atomic E-state index is 12.1. The van der Waals surface area contributed by atoms with Gasteiger partial charge in [-0.15, -0.1) is 0 Å². The molecule has 0 fully saturated rings. The lowest BCUT2D eigenvalue weighted by molar-refractivity contribution is -0.129. The van der Waals surface area contributed by atoms with Gasteiger partial charge in [-0.3, -0.25) is 4.79 Å². The quantitative estimate of drug-likeness (QED) is 0.837. The Labute approximate surface area is 118 Å². The van der Waals surface area contributed by atoms with Crippen molar-refractivity contribution in [3.8, 4) is 5.75 Å². The van der Waals surface area contributed by atoms with Crippen molar-refractivity contribution < 1.29 is 9.90 Å². The molecular weight excluding hydrogens is 252 g/mol. The number of hydrogen-bond acceptors (Lipinski definition) is 3. The molecule has 0 radical (unpaired) electrons. The molecule has 0 saturated heterocycles. The third kappa shape index (κ3) is 3.75. The summed E-state index contributed by atoms with van der Waals surface area (Å²) in [5.41, 5.74) is 8.25. The van der Waals surface area contributed by atoms with E-state index < -0.39 is 0 Å². The average Bonchev–Trinajstić information content (AvgIpc) is 2.41. The van der Waals surface area contributed by atoms with Crippen LogP contribution in [0.15, 0.2) is 48.5 Å². The number of benzene rings is 2. The molecule has 0 spiro atoms.